The van der Waals surface area contributed by atoms with Gasteiger partial charge in [-0.1, -0.05) is 0 Å². The minimum Gasteiger partial charge on any atom is -0.370 e. The Hall–Kier alpha value is -0.930. The Kier molecular flexibility index (Phi) is 4.50. The summed E-state index contributed by atoms with van der Waals surface area (Å²) in [5, 5.41) is 0. The molecule has 0 aliphatic heterocycles. The normalized spacial score (nSPS) is 12.2. The van der Waals surface area contributed by atoms with Gasteiger partial charge in [0.15, 0.2) is 4.77 Å². The molecule has 0 aliphatic carbocycles. The van der Waals surface area contributed by atoms with Crippen LogP contribution in [0.2, 0.25) is 0 Å². The summed E-state index contributed by atoms with van der Waals surface area (Å²) in [6, 6.07) is 2.78. The fraction of sp³-hybridized carbons (Fsp3) is 0.364. The molecule has 0 spiro atoms. The lowest BCUT2D eigenvalue weighted by Crippen LogP contribution is -2.19. The Morgan fingerprint density at radius 3 is 2.70 bits per heavy atom. The van der Waals surface area contributed by atoms with Crippen molar-refractivity contribution in [3.63, 3.8) is 0 Å². The van der Waals surface area contributed by atoms with Crippen molar-refractivity contribution in [3.05, 3.63) is 27.2 Å². The van der Waals surface area contributed by atoms with E-state index >= 15 is 0 Å². The number of ether oxygens (including phenoxy) is 1. The Balaban J connectivity index is 2.16. The van der Waals surface area contributed by atoms with E-state index in [0.717, 1.165) is 0 Å². The van der Waals surface area contributed by atoms with Crippen LogP contribution in [0.4, 0.5) is 17.6 Å². The van der Waals surface area contributed by atoms with E-state index in [0.29, 0.717) is 15.8 Å². The van der Waals surface area contributed by atoms with Crippen LogP contribution in [-0.4, -0.2) is 28.9 Å². The van der Waals surface area contributed by atoms with E-state index in [1.54, 1.807) is 0 Å². The molecule has 0 radical (unpaired) electrons. The summed E-state index contributed by atoms with van der Waals surface area (Å²) in [5.41, 5.74) is 1.07. The maximum absolute atomic E-state index is 13.5. The topological polar surface area (TPSA) is 29.9 Å². The third kappa shape index (κ3) is 3.58. The molecule has 1 heterocycles. The van der Waals surface area contributed by atoms with Crippen LogP contribution in [0.5, 0.6) is 0 Å². The van der Waals surface area contributed by atoms with Crippen LogP contribution in [-0.2, 0) is 11.3 Å². The number of rotatable bonds is 4. The Morgan fingerprint density at radius 2 is 2.05 bits per heavy atom. The van der Waals surface area contributed by atoms with Crippen molar-refractivity contribution >= 4 is 39.2 Å². The lowest BCUT2D eigenvalue weighted by Gasteiger charge is -2.08. The second-order valence-corrected chi connectivity index (χ2v) is 5.27. The summed E-state index contributed by atoms with van der Waals surface area (Å²) in [5.74, 6) is -0.476. The highest BCUT2D eigenvalue weighted by Gasteiger charge is 2.27. The molecule has 0 amide bonds. The molecule has 2 aromatic rings. The molecule has 0 aliphatic rings. The van der Waals surface area contributed by atoms with Crippen molar-refractivity contribution in [2.45, 2.75) is 12.7 Å². The van der Waals surface area contributed by atoms with E-state index in [2.05, 4.69) is 25.7 Å². The minimum absolute atomic E-state index is 0.107. The van der Waals surface area contributed by atoms with Crippen LogP contribution in [0.3, 0.4) is 0 Å². The van der Waals surface area contributed by atoms with Gasteiger partial charge in [-0.3, -0.25) is 0 Å². The summed E-state index contributed by atoms with van der Waals surface area (Å²) < 4.78 is 55.9. The molecule has 0 saturated carbocycles. The highest BCUT2D eigenvalue weighted by molar-refractivity contribution is 9.10. The Bertz CT molecular complexity index is 679. The summed E-state index contributed by atoms with van der Waals surface area (Å²) in [7, 11) is 0. The lowest BCUT2D eigenvalue weighted by atomic mass is 10.3. The molecule has 0 bridgehead atoms. The fourth-order valence-electron chi connectivity index (χ4n) is 1.72. The second-order valence-electron chi connectivity index (χ2n) is 4.03. The zero-order valence-electron chi connectivity index (χ0n) is 9.93. The second kappa shape index (κ2) is 5.82. The number of H-pyrrole nitrogens is 1. The van der Waals surface area contributed by atoms with E-state index in [4.69, 9.17) is 12.2 Å². The maximum Gasteiger partial charge on any atom is 0.411 e. The summed E-state index contributed by atoms with van der Waals surface area (Å²) >= 11 is 8.10. The number of hydrogen-bond donors (Lipinski definition) is 1. The smallest absolute Gasteiger partial charge is 0.370 e. The quantitative estimate of drug-likeness (QED) is 0.495. The molecule has 0 saturated heterocycles. The van der Waals surface area contributed by atoms with Crippen LogP contribution < -0.4 is 0 Å². The average Bonchev–Trinajstić information content (AvgIpc) is 2.60. The Morgan fingerprint density at radius 1 is 1.35 bits per heavy atom. The van der Waals surface area contributed by atoms with E-state index in [9.17, 15) is 17.6 Å². The molecular formula is C11H9BrF4N2OS. The number of nitrogens with one attached hydrogen (secondary N) is 1. The van der Waals surface area contributed by atoms with Crippen molar-refractivity contribution in [1.29, 1.82) is 0 Å². The SMILES string of the molecule is Fc1cc2c(cc1Br)[nH]c(=S)n2CCOCC(F)(F)F. The molecule has 0 atom stereocenters. The van der Waals surface area contributed by atoms with Gasteiger partial charge in [0.1, 0.15) is 12.4 Å². The fourth-order valence-corrected chi connectivity index (χ4v) is 2.36. The van der Waals surface area contributed by atoms with E-state index < -0.39 is 18.6 Å². The van der Waals surface area contributed by atoms with Crippen molar-refractivity contribution in [1.82, 2.24) is 9.55 Å². The first-order valence-corrected chi connectivity index (χ1v) is 6.70. The van der Waals surface area contributed by atoms with Crippen LogP contribution >= 0.6 is 28.1 Å². The first-order valence-electron chi connectivity index (χ1n) is 5.50. The van der Waals surface area contributed by atoms with Crippen molar-refractivity contribution < 1.29 is 22.3 Å². The number of alkyl halides is 3. The van der Waals surface area contributed by atoms with Gasteiger partial charge >= 0.3 is 6.18 Å². The maximum atomic E-state index is 13.5. The highest BCUT2D eigenvalue weighted by Crippen LogP contribution is 2.23. The number of aromatic amines is 1. The number of benzene rings is 1. The first kappa shape index (κ1) is 15.5. The molecule has 3 nitrogen and oxygen atoms in total. The minimum atomic E-state index is -4.36. The summed E-state index contributed by atoms with van der Waals surface area (Å²) in [6.07, 6.45) is -4.36. The zero-order valence-corrected chi connectivity index (χ0v) is 12.3. The van der Waals surface area contributed by atoms with Gasteiger partial charge < -0.3 is 14.3 Å². The molecule has 9 heteroatoms. The third-order valence-electron chi connectivity index (χ3n) is 2.54. The predicted molar refractivity (Wildman–Crippen MR) is 71.7 cm³/mol. The van der Waals surface area contributed by atoms with Gasteiger partial charge in [-0.2, -0.15) is 13.2 Å². The standard InChI is InChI=1S/C11H9BrF4N2OS/c12-6-3-8-9(4-7(6)13)18(10(20)17-8)1-2-19-5-11(14,15)16/h3-4H,1-2,5H2,(H,17,20). The molecule has 0 unspecified atom stereocenters. The van der Waals surface area contributed by atoms with Gasteiger partial charge in [0.05, 0.1) is 22.1 Å². The van der Waals surface area contributed by atoms with Crippen molar-refractivity contribution in [3.8, 4) is 0 Å². The monoisotopic (exact) mass is 372 g/mol. The lowest BCUT2D eigenvalue weighted by molar-refractivity contribution is -0.174. The molecule has 1 aromatic heterocycles. The number of aromatic nitrogens is 2. The van der Waals surface area contributed by atoms with Gasteiger partial charge in [-0.05, 0) is 34.2 Å². The molecule has 1 aromatic carbocycles. The van der Waals surface area contributed by atoms with Crippen LogP contribution in [0, 0.1) is 10.6 Å². The molecule has 2 rings (SSSR count). The van der Waals surface area contributed by atoms with E-state index in [1.807, 2.05) is 0 Å². The van der Waals surface area contributed by atoms with Gasteiger partial charge in [0.2, 0.25) is 0 Å². The number of halogens is 5. The third-order valence-corrected chi connectivity index (χ3v) is 3.47. The van der Waals surface area contributed by atoms with Crippen LogP contribution in [0.25, 0.3) is 11.0 Å². The van der Waals surface area contributed by atoms with Crippen LogP contribution in [0.15, 0.2) is 16.6 Å². The molecule has 20 heavy (non-hydrogen) atoms. The largest absolute Gasteiger partial charge is 0.411 e. The number of fused-ring (bicyclic) bond motifs is 1. The van der Waals surface area contributed by atoms with Crippen molar-refractivity contribution in [2.24, 2.45) is 0 Å². The average molecular weight is 373 g/mol. The van der Waals surface area contributed by atoms with Crippen molar-refractivity contribution in [2.75, 3.05) is 13.2 Å². The summed E-state index contributed by atoms with van der Waals surface area (Å²) in [6.45, 7) is -1.38. The van der Waals surface area contributed by atoms with Gasteiger partial charge in [-0.25, -0.2) is 4.39 Å². The van der Waals surface area contributed by atoms with Gasteiger partial charge in [-0.15, -0.1) is 0 Å². The zero-order chi connectivity index (χ0) is 14.9. The summed E-state index contributed by atoms with van der Waals surface area (Å²) in [4.78, 5) is 2.86. The van der Waals surface area contributed by atoms with Gasteiger partial charge in [0.25, 0.3) is 0 Å². The van der Waals surface area contributed by atoms with Crippen LogP contribution in [0.1, 0.15) is 0 Å². The first-order chi connectivity index (χ1) is 9.28. The molecule has 1 N–H and O–H groups in total. The molecular weight excluding hydrogens is 364 g/mol. The molecule has 110 valence electrons. The molecule has 0 fully saturated rings. The predicted octanol–water partition coefficient (Wildman–Crippen LogP) is 4.18. The highest BCUT2D eigenvalue weighted by atomic mass is 79.9. The van der Waals surface area contributed by atoms with E-state index in [-0.39, 0.29) is 17.6 Å². The van der Waals surface area contributed by atoms with Gasteiger partial charge in [0, 0.05) is 12.6 Å². The van der Waals surface area contributed by atoms with E-state index in [1.165, 1.54) is 16.7 Å². The Labute approximate surface area is 124 Å². The number of nitrogens with zero attached hydrogens (tertiary/aromatic N) is 1. The number of imidazole rings is 1. The number of hydrogen-bond acceptors (Lipinski definition) is 2.